The van der Waals surface area contributed by atoms with Crippen molar-refractivity contribution in [3.05, 3.63) is 90.1 Å². The number of aliphatic carboxylic acids is 1. The van der Waals surface area contributed by atoms with E-state index < -0.39 is 101 Å². The number of imidazole rings is 1. The van der Waals surface area contributed by atoms with Gasteiger partial charge in [0.1, 0.15) is 42.3 Å². The minimum atomic E-state index is -1.31. The second kappa shape index (κ2) is 27.9. The molecule has 74 heavy (non-hydrogen) atoms. The summed E-state index contributed by atoms with van der Waals surface area (Å²) in [4.78, 5) is 127. The van der Waals surface area contributed by atoms with E-state index >= 15 is 0 Å². The summed E-state index contributed by atoms with van der Waals surface area (Å²) in [5.74, 6) is -6.89. The molecule has 2 aromatic heterocycles. The van der Waals surface area contributed by atoms with Crippen LogP contribution in [0.1, 0.15) is 76.6 Å². The number of benzene rings is 2. The number of carboxylic acid groups (broad SMARTS) is 1. The van der Waals surface area contributed by atoms with Crippen LogP contribution in [0.5, 0.6) is 0 Å². The van der Waals surface area contributed by atoms with Crippen molar-refractivity contribution in [1.82, 2.24) is 57.1 Å². The van der Waals surface area contributed by atoms with Crippen molar-refractivity contribution in [2.75, 3.05) is 26.7 Å². The fourth-order valence-electron chi connectivity index (χ4n) is 8.81. The summed E-state index contributed by atoms with van der Waals surface area (Å²) in [5, 5.41) is 30.2. The molecule has 14 N–H and O–H groups in total. The molecule has 0 unspecified atom stereocenters. The predicted octanol–water partition coefficient (Wildman–Crippen LogP) is -0.122. The molecule has 23 nitrogen and oxygen atoms in total. The Kier molecular flexibility index (Phi) is 21.5. The average molecular weight is 1030 g/mol. The third-order valence-corrected chi connectivity index (χ3v) is 13.0. The molecule has 0 radical (unpaired) electrons. The zero-order valence-electron chi connectivity index (χ0n) is 42.6. The normalized spacial score (nSPS) is 16.1. The summed E-state index contributed by atoms with van der Waals surface area (Å²) in [6, 6.07) is 7.86. The zero-order valence-corrected chi connectivity index (χ0v) is 42.6. The lowest BCUT2D eigenvalue weighted by Gasteiger charge is -2.32. The molecule has 0 bridgehead atoms. The highest BCUT2D eigenvalue weighted by molar-refractivity contribution is 5.98. The number of carbonyl (C=O) groups excluding carboxylic acids is 7. The van der Waals surface area contributed by atoms with Gasteiger partial charge in [0.15, 0.2) is 5.96 Å². The van der Waals surface area contributed by atoms with Gasteiger partial charge in [-0.25, -0.2) is 9.78 Å². The van der Waals surface area contributed by atoms with Crippen molar-refractivity contribution in [2.24, 2.45) is 28.3 Å². The molecule has 2 aromatic carbocycles. The lowest BCUT2D eigenvalue weighted by molar-refractivity contribution is -0.145. The van der Waals surface area contributed by atoms with E-state index in [4.69, 9.17) is 11.5 Å². The number of nitrogens with two attached hydrogens (primary N) is 2. The van der Waals surface area contributed by atoms with Gasteiger partial charge in [0, 0.05) is 61.3 Å². The molecule has 3 heterocycles. The number of nitrogens with zero attached hydrogens (tertiary/aromatic N) is 3. The molecule has 8 atom stereocenters. The zero-order chi connectivity index (χ0) is 53.9. The van der Waals surface area contributed by atoms with Crippen LogP contribution in [0.15, 0.2) is 78.3 Å². The smallest absolute Gasteiger partial charge is 0.326 e. The molecular formula is C51H72N14O9. The number of guanidine groups is 1. The molecule has 400 valence electrons. The van der Waals surface area contributed by atoms with Gasteiger partial charge in [-0.2, -0.15) is 0 Å². The van der Waals surface area contributed by atoms with Crippen LogP contribution >= 0.6 is 0 Å². The first-order valence-electron chi connectivity index (χ1n) is 25.0. The van der Waals surface area contributed by atoms with Crippen molar-refractivity contribution in [3.8, 4) is 0 Å². The first kappa shape index (κ1) is 57.1. The number of para-hydroxylation sites is 1. The topological polar surface area (TPSA) is 353 Å². The highest BCUT2D eigenvalue weighted by Crippen LogP contribution is 2.22. The van der Waals surface area contributed by atoms with Crippen molar-refractivity contribution in [1.29, 1.82) is 0 Å². The maximum Gasteiger partial charge on any atom is 0.326 e. The number of aromatic amines is 2. The number of amides is 7. The van der Waals surface area contributed by atoms with E-state index in [1.807, 2.05) is 31.2 Å². The Balaban J connectivity index is 1.39. The minimum Gasteiger partial charge on any atom is -0.480 e. The van der Waals surface area contributed by atoms with Crippen LogP contribution in [0.4, 0.5) is 0 Å². The predicted molar refractivity (Wildman–Crippen MR) is 277 cm³/mol. The van der Waals surface area contributed by atoms with Crippen molar-refractivity contribution in [3.63, 3.8) is 0 Å². The highest BCUT2D eigenvalue weighted by atomic mass is 16.4. The van der Waals surface area contributed by atoms with Gasteiger partial charge in [-0.3, -0.25) is 38.6 Å². The molecule has 5 rings (SSSR count). The van der Waals surface area contributed by atoms with Gasteiger partial charge in [0.05, 0.1) is 12.9 Å². The SMILES string of the molecule is CC[C@H](C)[C@H](NC(=O)[C@H](Cc1c[nH]c2ccccc12)NC(=O)[C@@H](NC(=O)[C@H](CCCN=C(N)N)NC(=O)CNC)C(C)C)C(=O)N[C@@H](Cc1cnc[nH]1)C(=O)N1CCC[C@H]1C(=O)N[C@@H](Cc1ccccc1)C(=O)O. The molecule has 1 saturated heterocycles. The lowest BCUT2D eigenvalue weighted by Crippen LogP contribution is -2.62. The second-order valence-corrected chi connectivity index (χ2v) is 18.9. The molecule has 7 amide bonds. The molecule has 1 aliphatic heterocycles. The Labute approximate surface area is 430 Å². The monoisotopic (exact) mass is 1020 g/mol. The number of likely N-dealkylation sites (N-methyl/N-ethyl adjacent to an activating group) is 1. The number of nitrogens with one attached hydrogen (secondary N) is 9. The van der Waals surface area contributed by atoms with E-state index in [2.05, 4.69) is 57.2 Å². The number of rotatable bonds is 28. The third-order valence-electron chi connectivity index (χ3n) is 13.0. The number of H-pyrrole nitrogens is 2. The highest BCUT2D eigenvalue weighted by Gasteiger charge is 2.41. The number of aromatic nitrogens is 3. The molecular weight excluding hydrogens is 953 g/mol. The van der Waals surface area contributed by atoms with Crippen molar-refractivity contribution in [2.45, 2.75) is 121 Å². The van der Waals surface area contributed by atoms with Crippen LogP contribution in [-0.2, 0) is 57.6 Å². The van der Waals surface area contributed by atoms with Crippen LogP contribution in [0, 0.1) is 11.8 Å². The number of hydrogen-bond acceptors (Lipinski definition) is 11. The van der Waals surface area contributed by atoms with Gasteiger partial charge in [-0.15, -0.1) is 0 Å². The first-order valence-corrected chi connectivity index (χ1v) is 25.0. The van der Waals surface area contributed by atoms with E-state index in [9.17, 15) is 43.5 Å². The quantitative estimate of drug-likeness (QED) is 0.0201. The van der Waals surface area contributed by atoms with Gasteiger partial charge < -0.3 is 68.7 Å². The maximum atomic E-state index is 14.8. The number of hydrogen-bond donors (Lipinski definition) is 12. The summed E-state index contributed by atoms with van der Waals surface area (Å²) >= 11 is 0. The Morgan fingerprint density at radius 2 is 1.46 bits per heavy atom. The Bertz CT molecular complexity index is 2570. The summed E-state index contributed by atoms with van der Waals surface area (Å²) < 4.78 is 0. The fraction of sp³-hybridized carbons (Fsp3) is 0.490. The number of likely N-dealkylation sites (tertiary alicyclic amines) is 1. The van der Waals surface area contributed by atoms with Gasteiger partial charge in [0.25, 0.3) is 0 Å². The van der Waals surface area contributed by atoms with Gasteiger partial charge in [0.2, 0.25) is 41.4 Å². The van der Waals surface area contributed by atoms with Crippen LogP contribution < -0.4 is 48.7 Å². The number of carbonyl (C=O) groups is 8. The van der Waals surface area contributed by atoms with E-state index in [0.29, 0.717) is 36.1 Å². The maximum absolute atomic E-state index is 14.8. The molecule has 4 aromatic rings. The summed E-state index contributed by atoms with van der Waals surface area (Å²) in [6.07, 6.45) is 6.10. The number of fused-ring (bicyclic) bond motifs is 1. The number of carboxylic acids is 1. The number of aliphatic imine (C=N–C) groups is 1. The van der Waals surface area contributed by atoms with Crippen molar-refractivity contribution >= 4 is 64.2 Å². The fourth-order valence-corrected chi connectivity index (χ4v) is 8.81. The second-order valence-electron chi connectivity index (χ2n) is 18.9. The first-order chi connectivity index (χ1) is 35.4. The van der Waals surface area contributed by atoms with Gasteiger partial charge in [-0.1, -0.05) is 82.6 Å². The van der Waals surface area contributed by atoms with E-state index in [0.717, 1.165) is 10.9 Å². The molecule has 0 saturated carbocycles. The molecule has 0 spiro atoms. The molecule has 1 aliphatic rings. The van der Waals surface area contributed by atoms with Crippen LogP contribution in [0.25, 0.3) is 10.9 Å². The largest absolute Gasteiger partial charge is 0.480 e. The molecule has 0 aliphatic carbocycles. The summed E-state index contributed by atoms with van der Waals surface area (Å²) in [6.45, 7) is 7.29. The summed E-state index contributed by atoms with van der Waals surface area (Å²) in [7, 11) is 1.58. The molecule has 23 heteroatoms. The van der Waals surface area contributed by atoms with Crippen LogP contribution in [0.2, 0.25) is 0 Å². The molecule has 1 fully saturated rings. The Hall–Kier alpha value is -7.82. The summed E-state index contributed by atoms with van der Waals surface area (Å²) in [5.41, 5.74) is 13.6. The Morgan fingerprint density at radius 1 is 0.784 bits per heavy atom. The third kappa shape index (κ3) is 16.3. The lowest BCUT2D eigenvalue weighted by atomic mass is 9.96. The van der Waals surface area contributed by atoms with Gasteiger partial charge >= 0.3 is 5.97 Å². The van der Waals surface area contributed by atoms with Crippen molar-refractivity contribution < 1.29 is 43.5 Å². The van der Waals surface area contributed by atoms with Gasteiger partial charge in [-0.05, 0) is 61.8 Å². The van der Waals surface area contributed by atoms with Crippen LogP contribution in [0.3, 0.4) is 0 Å². The minimum absolute atomic E-state index is 0.0212. The average Bonchev–Trinajstić information content (AvgIpc) is 4.17. The standard InChI is InChI=1S/C51H72N14O9/c1-6-30(4)43(48(71)61-38(24-33-26-55-28-58-33)49(72)65-21-13-19-40(65)46(69)62-39(50(73)74)22-31-14-8-7-9-15-31)64-45(68)37(23-32-25-57-35-17-11-10-16-34(32)35)60-47(70)42(29(2)3)63-44(67)36(59-41(66)27-54-5)18-12-20-56-51(52)53/h7-11,14-17,25-26,28-30,36-40,42-43,54,57H,6,12-13,18-24,27H2,1-5H3,(H,55,58)(H,59,66)(H,60,70)(H,61,71)(H,62,69)(H,63,67)(H,64,68)(H,73,74)(H4,52,53,56)/t30-,36-,37-,38-,39-,40-,42-,43-/m0/s1. The van der Waals surface area contributed by atoms with E-state index in [1.54, 1.807) is 64.3 Å². The van der Waals surface area contributed by atoms with Crippen LogP contribution in [-0.4, -0.2) is 147 Å². The van der Waals surface area contributed by atoms with E-state index in [-0.39, 0.29) is 57.7 Å². The van der Waals surface area contributed by atoms with E-state index in [1.165, 1.54) is 17.4 Å². The Morgan fingerprint density at radius 3 is 2.12 bits per heavy atom.